The van der Waals surface area contributed by atoms with Crippen LogP contribution in [-0.2, 0) is 32.5 Å². The molecule has 0 aliphatic heterocycles. The normalized spacial score (nSPS) is 15.4. The number of hydroxylamine groups is 1. The fourth-order valence-corrected chi connectivity index (χ4v) is 4.32. The van der Waals surface area contributed by atoms with Gasteiger partial charge in [0.25, 0.3) is 0 Å². The maximum Gasteiger partial charge on any atom is 0.245 e. The van der Waals surface area contributed by atoms with Crippen LogP contribution in [0.3, 0.4) is 0 Å². The third-order valence-corrected chi connectivity index (χ3v) is 5.86. The largest absolute Gasteiger partial charge is 0.461 e. The molecule has 0 radical (unpaired) electrons. The number of carbonyl (C=O) groups excluding carboxylic acids is 2. The van der Waals surface area contributed by atoms with E-state index in [0.717, 1.165) is 42.4 Å². The van der Waals surface area contributed by atoms with Gasteiger partial charge in [-0.05, 0) is 31.4 Å². The fourth-order valence-electron chi connectivity index (χ4n) is 3.10. The van der Waals surface area contributed by atoms with Crippen molar-refractivity contribution in [2.24, 2.45) is 5.73 Å². The summed E-state index contributed by atoms with van der Waals surface area (Å²) in [7, 11) is -4.12. The third kappa shape index (κ3) is 3.57. The highest BCUT2D eigenvalue weighted by Gasteiger charge is 2.27. The summed E-state index contributed by atoms with van der Waals surface area (Å²) >= 11 is 0. The van der Waals surface area contributed by atoms with Gasteiger partial charge >= 0.3 is 0 Å². The summed E-state index contributed by atoms with van der Waals surface area (Å²) in [4.78, 5) is 22.5. The molecule has 3 rings (SSSR count). The first kappa shape index (κ1) is 18.4. The molecule has 0 unspecified atom stereocenters. The summed E-state index contributed by atoms with van der Waals surface area (Å²) in [5.41, 5.74) is 8.04. The van der Waals surface area contributed by atoms with Crippen molar-refractivity contribution in [2.45, 2.75) is 43.0 Å². The van der Waals surface area contributed by atoms with E-state index >= 15 is 0 Å². The molecule has 1 heterocycles. The van der Waals surface area contributed by atoms with Crippen LogP contribution in [0.5, 0.6) is 0 Å². The zero-order chi connectivity index (χ0) is 18.9. The van der Waals surface area contributed by atoms with Crippen molar-refractivity contribution < 1.29 is 27.6 Å². The molecule has 2 amide bonds. The maximum absolute atomic E-state index is 12.5. The van der Waals surface area contributed by atoms with Crippen LogP contribution in [0, 0.1) is 0 Å². The van der Waals surface area contributed by atoms with E-state index < -0.39 is 34.3 Å². The van der Waals surface area contributed by atoms with Gasteiger partial charge < -0.3 is 10.2 Å². The number of furan rings is 1. The topological polar surface area (TPSA) is 152 Å². The average Bonchev–Trinajstić information content (AvgIpc) is 2.98. The first-order valence-electron chi connectivity index (χ1n) is 8.10. The minimum Gasteiger partial charge on any atom is -0.461 e. The lowest BCUT2D eigenvalue weighted by Gasteiger charge is -2.14. The average molecular weight is 381 g/mol. The van der Waals surface area contributed by atoms with Crippen molar-refractivity contribution in [1.82, 2.24) is 10.2 Å². The lowest BCUT2D eigenvalue weighted by Crippen LogP contribution is -2.46. The predicted molar refractivity (Wildman–Crippen MR) is 90.7 cm³/mol. The van der Waals surface area contributed by atoms with Crippen LogP contribution in [0.15, 0.2) is 27.5 Å². The Morgan fingerprint density at radius 3 is 2.69 bits per heavy atom. The molecule has 10 heteroatoms. The van der Waals surface area contributed by atoms with Crippen LogP contribution in [0.4, 0.5) is 0 Å². The molecule has 1 atom stereocenters. The summed E-state index contributed by atoms with van der Waals surface area (Å²) in [6.45, 7) is 0. The standard InChI is InChI=1S/C16H19N3O6S/c17-16(21)12(8-15(20)18-22)19-26(23,24)9-5-6-11-10-3-1-2-4-13(10)25-14(11)7-9/h5-7,12,19,22H,1-4,8H2,(H2,17,21)(H,18,20)/t12-/m1/s1. The Labute approximate surface area is 149 Å². The smallest absolute Gasteiger partial charge is 0.245 e. The van der Waals surface area contributed by atoms with Gasteiger partial charge in [0.2, 0.25) is 21.8 Å². The Kier molecular flexibility index (Phi) is 4.99. The van der Waals surface area contributed by atoms with Gasteiger partial charge in [-0.25, -0.2) is 13.9 Å². The van der Waals surface area contributed by atoms with Gasteiger partial charge in [0, 0.05) is 23.4 Å². The molecule has 5 N–H and O–H groups in total. The molecule has 0 fully saturated rings. The van der Waals surface area contributed by atoms with Crippen molar-refractivity contribution in [3.05, 3.63) is 29.5 Å². The first-order valence-corrected chi connectivity index (χ1v) is 9.59. The van der Waals surface area contributed by atoms with Crippen molar-refractivity contribution in [2.75, 3.05) is 0 Å². The lowest BCUT2D eigenvalue weighted by atomic mass is 9.96. The van der Waals surface area contributed by atoms with Gasteiger partial charge in [-0.2, -0.15) is 4.72 Å². The number of aryl methyl sites for hydroxylation is 2. The van der Waals surface area contributed by atoms with Crippen LogP contribution < -0.4 is 15.9 Å². The van der Waals surface area contributed by atoms with Crippen molar-refractivity contribution in [1.29, 1.82) is 0 Å². The summed E-state index contributed by atoms with van der Waals surface area (Å²) < 4.78 is 33.0. The Morgan fingerprint density at radius 2 is 2.00 bits per heavy atom. The number of hydrogen-bond donors (Lipinski definition) is 4. The second-order valence-electron chi connectivity index (χ2n) is 6.18. The monoisotopic (exact) mass is 381 g/mol. The van der Waals surface area contributed by atoms with Crippen LogP contribution >= 0.6 is 0 Å². The van der Waals surface area contributed by atoms with E-state index in [-0.39, 0.29) is 4.90 Å². The molecule has 2 aromatic rings. The Bertz CT molecular complexity index is 966. The molecule has 1 aliphatic rings. The van der Waals surface area contributed by atoms with E-state index in [1.807, 2.05) is 0 Å². The summed E-state index contributed by atoms with van der Waals surface area (Å²) in [6.07, 6.45) is 3.20. The quantitative estimate of drug-likeness (QED) is 0.418. The molecule has 0 saturated heterocycles. The van der Waals surface area contributed by atoms with Crippen molar-refractivity contribution in [3.8, 4) is 0 Å². The number of carbonyl (C=O) groups is 2. The van der Waals surface area contributed by atoms with E-state index in [1.165, 1.54) is 17.6 Å². The minimum absolute atomic E-state index is 0.105. The lowest BCUT2D eigenvalue weighted by molar-refractivity contribution is -0.132. The number of sulfonamides is 1. The SMILES string of the molecule is NC(=O)[C@@H](CC(=O)NO)NS(=O)(=O)c1ccc2c3c(oc2c1)CCCC3. The molecule has 0 bridgehead atoms. The van der Waals surface area contributed by atoms with Gasteiger partial charge in [0.15, 0.2) is 0 Å². The van der Waals surface area contributed by atoms with Crippen LogP contribution in [0.25, 0.3) is 11.0 Å². The van der Waals surface area contributed by atoms with E-state index in [4.69, 9.17) is 15.4 Å². The minimum atomic E-state index is -4.12. The van der Waals surface area contributed by atoms with Gasteiger partial charge in [-0.15, -0.1) is 0 Å². The molecule has 140 valence electrons. The Morgan fingerprint density at radius 1 is 1.27 bits per heavy atom. The molecular formula is C16H19N3O6S. The number of nitrogens with two attached hydrogens (primary N) is 1. The van der Waals surface area contributed by atoms with Gasteiger partial charge in [-0.3, -0.25) is 14.8 Å². The summed E-state index contributed by atoms with van der Waals surface area (Å²) in [6, 6.07) is 2.99. The van der Waals surface area contributed by atoms with Crippen LogP contribution in [0.1, 0.15) is 30.6 Å². The fraction of sp³-hybridized carbons (Fsp3) is 0.375. The van der Waals surface area contributed by atoms with E-state index in [1.54, 1.807) is 6.07 Å². The number of nitrogens with one attached hydrogen (secondary N) is 2. The number of hydrogen-bond acceptors (Lipinski definition) is 6. The van der Waals surface area contributed by atoms with Gasteiger partial charge in [-0.1, -0.05) is 0 Å². The molecule has 9 nitrogen and oxygen atoms in total. The highest BCUT2D eigenvalue weighted by molar-refractivity contribution is 7.89. The van der Waals surface area contributed by atoms with Gasteiger partial charge in [0.05, 0.1) is 11.3 Å². The maximum atomic E-state index is 12.5. The van der Waals surface area contributed by atoms with Crippen molar-refractivity contribution >= 4 is 32.8 Å². The molecule has 0 spiro atoms. The Hall–Kier alpha value is -2.43. The third-order valence-electron chi connectivity index (χ3n) is 4.39. The second kappa shape index (κ2) is 7.06. The highest BCUT2D eigenvalue weighted by Crippen LogP contribution is 2.33. The predicted octanol–water partition coefficient (Wildman–Crippen LogP) is 0.339. The van der Waals surface area contributed by atoms with Crippen LogP contribution in [-0.4, -0.2) is 31.5 Å². The molecule has 1 aromatic carbocycles. The van der Waals surface area contributed by atoms with E-state index in [9.17, 15) is 18.0 Å². The number of primary amides is 1. The van der Waals surface area contributed by atoms with Crippen LogP contribution in [0.2, 0.25) is 0 Å². The summed E-state index contributed by atoms with van der Waals surface area (Å²) in [5.74, 6) is -1.10. The first-order chi connectivity index (χ1) is 12.3. The van der Waals surface area contributed by atoms with Crippen molar-refractivity contribution in [3.63, 3.8) is 0 Å². The summed E-state index contributed by atoms with van der Waals surface area (Å²) in [5, 5.41) is 9.42. The number of rotatable bonds is 6. The number of fused-ring (bicyclic) bond motifs is 3. The Balaban J connectivity index is 1.91. The second-order valence-corrected chi connectivity index (χ2v) is 7.90. The number of benzene rings is 1. The van der Waals surface area contributed by atoms with E-state index in [0.29, 0.717) is 5.58 Å². The molecule has 26 heavy (non-hydrogen) atoms. The molecule has 0 saturated carbocycles. The van der Waals surface area contributed by atoms with E-state index in [2.05, 4.69) is 4.72 Å². The molecular weight excluding hydrogens is 362 g/mol. The molecule has 1 aromatic heterocycles. The zero-order valence-corrected chi connectivity index (χ0v) is 14.6. The number of amides is 2. The van der Waals surface area contributed by atoms with Gasteiger partial charge in [0.1, 0.15) is 17.4 Å². The molecule has 1 aliphatic carbocycles. The highest BCUT2D eigenvalue weighted by atomic mass is 32.2. The zero-order valence-electron chi connectivity index (χ0n) is 13.8.